The third-order valence-electron chi connectivity index (χ3n) is 2.69. The summed E-state index contributed by atoms with van der Waals surface area (Å²) in [5.41, 5.74) is 8.00. The molecule has 0 radical (unpaired) electrons. The van der Waals surface area contributed by atoms with E-state index in [0.29, 0.717) is 24.5 Å². The van der Waals surface area contributed by atoms with Crippen LogP contribution in [0.3, 0.4) is 0 Å². The van der Waals surface area contributed by atoms with E-state index in [1.165, 1.54) is 12.1 Å². The Kier molecular flexibility index (Phi) is 4.23. The van der Waals surface area contributed by atoms with Crippen LogP contribution in [0, 0.1) is 12.7 Å². The van der Waals surface area contributed by atoms with Crippen molar-refractivity contribution in [1.29, 1.82) is 0 Å². The SMILES string of the molecule is Cc1cccc(OCCNc2cc(F)ccc2N)c1. The van der Waals surface area contributed by atoms with E-state index in [0.717, 1.165) is 11.3 Å². The van der Waals surface area contributed by atoms with Crippen LogP contribution in [0.25, 0.3) is 0 Å². The molecule has 0 saturated heterocycles. The van der Waals surface area contributed by atoms with Gasteiger partial charge in [0.15, 0.2) is 0 Å². The molecular formula is C15H17FN2O. The summed E-state index contributed by atoms with van der Waals surface area (Å²) in [5.74, 6) is 0.519. The zero-order chi connectivity index (χ0) is 13.7. The number of halogens is 1. The topological polar surface area (TPSA) is 47.3 Å². The van der Waals surface area contributed by atoms with Crippen molar-refractivity contribution >= 4 is 11.4 Å². The van der Waals surface area contributed by atoms with Crippen molar-refractivity contribution in [3.05, 3.63) is 53.8 Å². The number of ether oxygens (including phenoxy) is 1. The summed E-state index contributed by atoms with van der Waals surface area (Å²) in [6, 6.07) is 12.1. The molecule has 0 aliphatic carbocycles. The van der Waals surface area contributed by atoms with Crippen molar-refractivity contribution in [3.63, 3.8) is 0 Å². The van der Waals surface area contributed by atoms with Crippen molar-refractivity contribution in [3.8, 4) is 5.75 Å². The van der Waals surface area contributed by atoms with E-state index < -0.39 is 0 Å². The summed E-state index contributed by atoms with van der Waals surface area (Å²) in [5, 5.41) is 3.05. The zero-order valence-electron chi connectivity index (χ0n) is 10.8. The van der Waals surface area contributed by atoms with Gasteiger partial charge in [-0.1, -0.05) is 12.1 Å². The minimum atomic E-state index is -0.309. The van der Waals surface area contributed by atoms with Crippen LogP contribution in [-0.4, -0.2) is 13.2 Å². The molecule has 0 aliphatic heterocycles. The Hall–Kier alpha value is -2.23. The fourth-order valence-electron chi connectivity index (χ4n) is 1.74. The normalized spacial score (nSPS) is 10.2. The van der Waals surface area contributed by atoms with Gasteiger partial charge in [-0.2, -0.15) is 0 Å². The fraction of sp³-hybridized carbons (Fsp3) is 0.200. The minimum absolute atomic E-state index is 0.309. The Balaban J connectivity index is 1.82. The number of nitrogens with two attached hydrogens (primary N) is 1. The first kappa shape index (κ1) is 13.2. The molecule has 3 N–H and O–H groups in total. The van der Waals surface area contributed by atoms with E-state index in [-0.39, 0.29) is 5.82 Å². The Morgan fingerprint density at radius 2 is 2.05 bits per heavy atom. The van der Waals surface area contributed by atoms with Gasteiger partial charge in [0.05, 0.1) is 11.4 Å². The molecule has 0 saturated carbocycles. The maximum Gasteiger partial charge on any atom is 0.125 e. The standard InChI is InChI=1S/C15H17FN2O/c1-11-3-2-4-13(9-11)19-8-7-18-15-10-12(16)5-6-14(15)17/h2-6,9-10,18H,7-8,17H2,1H3. The summed E-state index contributed by atoms with van der Waals surface area (Å²) >= 11 is 0. The lowest BCUT2D eigenvalue weighted by molar-refractivity contribution is 0.332. The highest BCUT2D eigenvalue weighted by atomic mass is 19.1. The molecule has 3 nitrogen and oxygen atoms in total. The number of aryl methyl sites for hydroxylation is 1. The highest BCUT2D eigenvalue weighted by molar-refractivity contribution is 5.65. The van der Waals surface area contributed by atoms with Crippen LogP contribution in [0.5, 0.6) is 5.75 Å². The molecule has 0 heterocycles. The fourth-order valence-corrected chi connectivity index (χ4v) is 1.74. The Morgan fingerprint density at radius 3 is 2.84 bits per heavy atom. The molecule has 4 heteroatoms. The number of anilines is 2. The van der Waals surface area contributed by atoms with Crippen molar-refractivity contribution in [2.24, 2.45) is 0 Å². The van der Waals surface area contributed by atoms with E-state index >= 15 is 0 Å². The monoisotopic (exact) mass is 260 g/mol. The first-order valence-corrected chi connectivity index (χ1v) is 6.13. The van der Waals surface area contributed by atoms with E-state index in [4.69, 9.17) is 10.5 Å². The van der Waals surface area contributed by atoms with Gasteiger partial charge >= 0.3 is 0 Å². The quantitative estimate of drug-likeness (QED) is 0.641. The largest absolute Gasteiger partial charge is 0.492 e. The smallest absolute Gasteiger partial charge is 0.125 e. The first-order chi connectivity index (χ1) is 9.15. The van der Waals surface area contributed by atoms with Gasteiger partial charge in [0, 0.05) is 6.54 Å². The molecular weight excluding hydrogens is 243 g/mol. The molecule has 19 heavy (non-hydrogen) atoms. The average molecular weight is 260 g/mol. The average Bonchev–Trinajstić information content (AvgIpc) is 2.39. The lowest BCUT2D eigenvalue weighted by Gasteiger charge is -2.10. The number of benzene rings is 2. The second-order valence-corrected chi connectivity index (χ2v) is 4.32. The van der Waals surface area contributed by atoms with Crippen LogP contribution >= 0.6 is 0 Å². The van der Waals surface area contributed by atoms with Gasteiger partial charge in [-0.3, -0.25) is 0 Å². The van der Waals surface area contributed by atoms with Crippen molar-refractivity contribution in [2.45, 2.75) is 6.92 Å². The molecule has 100 valence electrons. The van der Waals surface area contributed by atoms with Gasteiger partial charge in [0.25, 0.3) is 0 Å². The molecule has 0 atom stereocenters. The second kappa shape index (κ2) is 6.09. The predicted molar refractivity (Wildman–Crippen MR) is 76.0 cm³/mol. The van der Waals surface area contributed by atoms with E-state index in [9.17, 15) is 4.39 Å². The summed E-state index contributed by atoms with van der Waals surface area (Å²) in [6.45, 7) is 3.06. The predicted octanol–water partition coefficient (Wildman–Crippen LogP) is 3.21. The van der Waals surface area contributed by atoms with Gasteiger partial charge in [-0.15, -0.1) is 0 Å². The van der Waals surface area contributed by atoms with Gasteiger partial charge in [-0.05, 0) is 42.8 Å². The maximum absolute atomic E-state index is 13.0. The van der Waals surface area contributed by atoms with Gasteiger partial charge in [-0.25, -0.2) is 4.39 Å². The van der Waals surface area contributed by atoms with Crippen molar-refractivity contribution in [2.75, 3.05) is 24.2 Å². The molecule has 0 amide bonds. The third kappa shape index (κ3) is 3.88. The number of hydrogen-bond acceptors (Lipinski definition) is 3. The molecule has 0 aliphatic rings. The van der Waals surface area contributed by atoms with Crippen LogP contribution in [0.2, 0.25) is 0 Å². The van der Waals surface area contributed by atoms with E-state index in [1.807, 2.05) is 31.2 Å². The molecule has 0 spiro atoms. The highest BCUT2D eigenvalue weighted by Gasteiger charge is 2.00. The zero-order valence-corrected chi connectivity index (χ0v) is 10.8. The minimum Gasteiger partial charge on any atom is -0.492 e. The Morgan fingerprint density at radius 1 is 1.21 bits per heavy atom. The number of nitrogen functional groups attached to an aromatic ring is 1. The lowest BCUT2D eigenvalue weighted by atomic mass is 10.2. The Labute approximate surface area is 112 Å². The van der Waals surface area contributed by atoms with Crippen LogP contribution in [0.1, 0.15) is 5.56 Å². The maximum atomic E-state index is 13.0. The summed E-state index contributed by atoms with van der Waals surface area (Å²) in [7, 11) is 0. The number of hydrogen-bond donors (Lipinski definition) is 2. The number of nitrogens with one attached hydrogen (secondary N) is 1. The third-order valence-corrected chi connectivity index (χ3v) is 2.69. The summed E-state index contributed by atoms with van der Waals surface area (Å²) in [4.78, 5) is 0. The van der Waals surface area contributed by atoms with Crippen molar-refractivity contribution < 1.29 is 9.13 Å². The second-order valence-electron chi connectivity index (χ2n) is 4.32. The lowest BCUT2D eigenvalue weighted by Crippen LogP contribution is -2.12. The molecule has 0 bridgehead atoms. The molecule has 0 fully saturated rings. The van der Waals surface area contributed by atoms with Crippen LogP contribution in [0.15, 0.2) is 42.5 Å². The molecule has 2 aromatic carbocycles. The Bertz CT molecular complexity index is 558. The van der Waals surface area contributed by atoms with Crippen molar-refractivity contribution in [1.82, 2.24) is 0 Å². The van der Waals surface area contributed by atoms with Gasteiger partial charge < -0.3 is 15.8 Å². The molecule has 2 rings (SSSR count). The molecule has 2 aromatic rings. The number of rotatable bonds is 5. The summed E-state index contributed by atoms with van der Waals surface area (Å²) in [6.07, 6.45) is 0. The first-order valence-electron chi connectivity index (χ1n) is 6.13. The van der Waals surface area contributed by atoms with Crippen LogP contribution in [-0.2, 0) is 0 Å². The van der Waals surface area contributed by atoms with Gasteiger partial charge in [0.2, 0.25) is 0 Å². The molecule has 0 unspecified atom stereocenters. The summed E-state index contributed by atoms with van der Waals surface area (Å²) < 4.78 is 18.6. The van der Waals surface area contributed by atoms with E-state index in [2.05, 4.69) is 5.32 Å². The van der Waals surface area contributed by atoms with E-state index in [1.54, 1.807) is 6.07 Å². The molecule has 0 aromatic heterocycles. The van der Waals surface area contributed by atoms with Gasteiger partial charge in [0.1, 0.15) is 18.2 Å². The van der Waals surface area contributed by atoms with Crippen LogP contribution in [0.4, 0.5) is 15.8 Å². The van der Waals surface area contributed by atoms with Crippen LogP contribution < -0.4 is 15.8 Å². The highest BCUT2D eigenvalue weighted by Crippen LogP contribution is 2.19.